The largest absolute Gasteiger partial charge is 0.484 e. The van der Waals surface area contributed by atoms with Crippen LogP contribution in [0.25, 0.3) is 10.8 Å². The van der Waals surface area contributed by atoms with Gasteiger partial charge in [-0.05, 0) is 40.6 Å². The predicted molar refractivity (Wildman–Crippen MR) is 116 cm³/mol. The molecule has 0 unspecified atom stereocenters. The maximum atomic E-state index is 12.2. The Morgan fingerprint density at radius 2 is 1.83 bits per heavy atom. The molecule has 0 radical (unpaired) electrons. The fraction of sp³-hybridized carbons (Fsp3) is 0.0909. The fourth-order valence-corrected chi connectivity index (χ4v) is 3.39. The van der Waals surface area contributed by atoms with E-state index in [0.29, 0.717) is 28.2 Å². The Morgan fingerprint density at radius 1 is 1.00 bits per heavy atom. The number of aromatic nitrogens is 2. The van der Waals surface area contributed by atoms with Crippen LogP contribution >= 0.6 is 23.2 Å². The van der Waals surface area contributed by atoms with Crippen LogP contribution < -0.4 is 10.1 Å². The molecular formula is C22H17Cl2N3O2. The predicted octanol–water partition coefficient (Wildman–Crippen LogP) is 5.41. The van der Waals surface area contributed by atoms with Crippen LogP contribution in [-0.2, 0) is 11.3 Å². The Morgan fingerprint density at radius 3 is 2.66 bits per heavy atom. The number of rotatable bonds is 6. The van der Waals surface area contributed by atoms with E-state index in [0.717, 1.165) is 16.3 Å². The molecular weight excluding hydrogens is 409 g/mol. The molecule has 5 nitrogen and oxygen atoms in total. The van der Waals surface area contributed by atoms with Gasteiger partial charge in [0.15, 0.2) is 12.4 Å². The number of fused-ring (bicyclic) bond motifs is 1. The lowest BCUT2D eigenvalue weighted by atomic mass is 10.1. The molecule has 4 aromatic rings. The van der Waals surface area contributed by atoms with Gasteiger partial charge in [-0.2, -0.15) is 5.10 Å². The van der Waals surface area contributed by atoms with Crippen LogP contribution in [0.5, 0.6) is 5.75 Å². The average Bonchev–Trinajstić information content (AvgIpc) is 3.15. The Balaban J connectivity index is 1.33. The first-order valence-electron chi connectivity index (χ1n) is 8.96. The van der Waals surface area contributed by atoms with Crippen LogP contribution in [0.15, 0.2) is 72.9 Å². The van der Waals surface area contributed by atoms with Crippen LogP contribution in [0, 0.1) is 0 Å². The van der Waals surface area contributed by atoms with Gasteiger partial charge in [-0.25, -0.2) is 0 Å². The Hall–Kier alpha value is -3.02. The van der Waals surface area contributed by atoms with Gasteiger partial charge in [-0.15, -0.1) is 0 Å². The molecule has 1 heterocycles. The molecule has 0 saturated carbocycles. The smallest absolute Gasteiger partial charge is 0.263 e. The summed E-state index contributed by atoms with van der Waals surface area (Å²) >= 11 is 12.1. The van der Waals surface area contributed by atoms with E-state index < -0.39 is 0 Å². The zero-order valence-corrected chi connectivity index (χ0v) is 16.8. The van der Waals surface area contributed by atoms with Gasteiger partial charge in [-0.1, -0.05) is 59.6 Å². The molecule has 3 aromatic carbocycles. The first-order valence-corrected chi connectivity index (χ1v) is 9.71. The molecule has 146 valence electrons. The zero-order valence-electron chi connectivity index (χ0n) is 15.3. The van der Waals surface area contributed by atoms with Gasteiger partial charge in [0, 0.05) is 22.3 Å². The Bertz CT molecular complexity index is 1170. The maximum absolute atomic E-state index is 12.2. The van der Waals surface area contributed by atoms with E-state index in [1.54, 1.807) is 29.1 Å². The number of ether oxygens (including phenoxy) is 1. The number of nitrogens with one attached hydrogen (secondary N) is 1. The second-order valence-corrected chi connectivity index (χ2v) is 7.32. The number of nitrogens with zero attached hydrogens (tertiary/aromatic N) is 2. The van der Waals surface area contributed by atoms with Gasteiger partial charge >= 0.3 is 0 Å². The SMILES string of the molecule is O=C(COc1ccc2ccccc2c1)Nc1ccn(Cc2ccc(Cl)cc2Cl)n1. The van der Waals surface area contributed by atoms with Gasteiger partial charge in [0.25, 0.3) is 5.91 Å². The minimum atomic E-state index is -0.284. The van der Waals surface area contributed by atoms with Crippen molar-refractivity contribution in [3.8, 4) is 5.75 Å². The number of carbonyl (C=O) groups excluding carboxylic acids is 1. The lowest BCUT2D eigenvalue weighted by Crippen LogP contribution is -2.20. The van der Waals surface area contributed by atoms with Crippen LogP contribution in [0.1, 0.15) is 5.56 Å². The minimum Gasteiger partial charge on any atom is -0.484 e. The van der Waals surface area contributed by atoms with Gasteiger partial charge in [-0.3, -0.25) is 9.48 Å². The summed E-state index contributed by atoms with van der Waals surface area (Å²) in [5.74, 6) is 0.803. The quantitative estimate of drug-likeness (QED) is 0.449. The molecule has 0 fully saturated rings. The van der Waals surface area contributed by atoms with Gasteiger partial charge < -0.3 is 10.1 Å². The topological polar surface area (TPSA) is 56.1 Å². The summed E-state index contributed by atoms with van der Waals surface area (Å²) in [4.78, 5) is 12.2. The molecule has 1 amide bonds. The molecule has 0 spiro atoms. The summed E-state index contributed by atoms with van der Waals surface area (Å²) in [6.45, 7) is 0.369. The van der Waals surface area contributed by atoms with E-state index in [1.807, 2.05) is 48.5 Å². The molecule has 4 rings (SSSR count). The lowest BCUT2D eigenvalue weighted by molar-refractivity contribution is -0.118. The average molecular weight is 426 g/mol. The number of hydrogen-bond donors (Lipinski definition) is 1. The molecule has 0 atom stereocenters. The second-order valence-electron chi connectivity index (χ2n) is 6.48. The molecule has 0 aliphatic heterocycles. The van der Waals surface area contributed by atoms with Crippen LogP contribution in [0.4, 0.5) is 5.82 Å². The van der Waals surface area contributed by atoms with E-state index in [-0.39, 0.29) is 12.5 Å². The molecule has 1 aromatic heterocycles. The molecule has 0 bridgehead atoms. The molecule has 0 saturated heterocycles. The second kappa shape index (κ2) is 8.55. The van der Waals surface area contributed by atoms with Crippen LogP contribution in [0.3, 0.4) is 0 Å². The fourth-order valence-electron chi connectivity index (χ4n) is 2.93. The molecule has 0 aliphatic carbocycles. The van der Waals surface area contributed by atoms with E-state index in [1.165, 1.54) is 0 Å². The third-order valence-electron chi connectivity index (χ3n) is 4.35. The molecule has 7 heteroatoms. The van der Waals surface area contributed by atoms with Crippen LogP contribution in [-0.4, -0.2) is 22.3 Å². The summed E-state index contributed by atoms with van der Waals surface area (Å²) in [6, 6.07) is 20.7. The minimum absolute atomic E-state index is 0.103. The number of anilines is 1. The van der Waals surface area contributed by atoms with Crippen molar-refractivity contribution in [2.45, 2.75) is 6.54 Å². The summed E-state index contributed by atoms with van der Waals surface area (Å²) in [5, 5.41) is 10.4. The first kappa shape index (κ1) is 19.3. The first-order chi connectivity index (χ1) is 14.1. The number of carbonyl (C=O) groups is 1. The van der Waals surface area contributed by atoms with Crippen molar-refractivity contribution >= 4 is 45.7 Å². The third-order valence-corrected chi connectivity index (χ3v) is 4.93. The summed E-state index contributed by atoms with van der Waals surface area (Å²) in [6.07, 6.45) is 1.77. The Kier molecular flexibility index (Phi) is 5.69. The summed E-state index contributed by atoms with van der Waals surface area (Å²) in [5.41, 5.74) is 0.886. The van der Waals surface area contributed by atoms with E-state index in [9.17, 15) is 4.79 Å². The van der Waals surface area contributed by atoms with Crippen LogP contribution in [0.2, 0.25) is 10.0 Å². The highest BCUT2D eigenvalue weighted by Gasteiger charge is 2.08. The van der Waals surface area contributed by atoms with E-state index in [4.69, 9.17) is 27.9 Å². The number of benzene rings is 3. The Labute approximate surface area is 177 Å². The van der Waals surface area contributed by atoms with E-state index in [2.05, 4.69) is 10.4 Å². The zero-order chi connectivity index (χ0) is 20.2. The van der Waals surface area contributed by atoms with Crippen molar-refractivity contribution in [3.63, 3.8) is 0 Å². The van der Waals surface area contributed by atoms with Crippen molar-refractivity contribution in [3.05, 3.63) is 88.5 Å². The molecule has 29 heavy (non-hydrogen) atoms. The van der Waals surface area contributed by atoms with Crippen molar-refractivity contribution in [1.29, 1.82) is 0 Å². The standard InChI is InChI=1S/C22H17Cl2N3O2/c23-18-7-5-17(20(24)12-18)13-27-10-9-21(26-27)25-22(28)14-29-19-8-6-15-3-1-2-4-16(15)11-19/h1-12H,13-14H2,(H,25,26,28). The highest BCUT2D eigenvalue weighted by atomic mass is 35.5. The normalized spacial score (nSPS) is 10.8. The van der Waals surface area contributed by atoms with Crippen molar-refractivity contribution in [2.24, 2.45) is 0 Å². The van der Waals surface area contributed by atoms with Gasteiger partial charge in [0.05, 0.1) is 6.54 Å². The molecule has 1 N–H and O–H groups in total. The maximum Gasteiger partial charge on any atom is 0.263 e. The van der Waals surface area contributed by atoms with Crippen molar-refractivity contribution in [1.82, 2.24) is 9.78 Å². The molecule has 0 aliphatic rings. The van der Waals surface area contributed by atoms with Gasteiger partial charge in [0.2, 0.25) is 0 Å². The highest BCUT2D eigenvalue weighted by Crippen LogP contribution is 2.22. The van der Waals surface area contributed by atoms with E-state index >= 15 is 0 Å². The monoisotopic (exact) mass is 425 g/mol. The number of hydrogen-bond acceptors (Lipinski definition) is 3. The third kappa shape index (κ3) is 4.88. The van der Waals surface area contributed by atoms with Crippen molar-refractivity contribution in [2.75, 3.05) is 11.9 Å². The lowest BCUT2D eigenvalue weighted by Gasteiger charge is -2.07. The number of halogens is 2. The summed E-state index contributed by atoms with van der Waals surface area (Å²) in [7, 11) is 0. The van der Waals surface area contributed by atoms with Gasteiger partial charge in [0.1, 0.15) is 5.75 Å². The number of amides is 1. The summed E-state index contributed by atoms with van der Waals surface area (Å²) < 4.78 is 7.29. The van der Waals surface area contributed by atoms with Crippen molar-refractivity contribution < 1.29 is 9.53 Å². The highest BCUT2D eigenvalue weighted by molar-refractivity contribution is 6.35.